The molecule has 2 aromatic rings. The number of carboxylic acid groups (broad SMARTS) is 2. The van der Waals surface area contributed by atoms with Gasteiger partial charge in [0.05, 0.1) is 36.3 Å². The smallest absolute Gasteiger partial charge is 0.545 e. The van der Waals surface area contributed by atoms with Crippen molar-refractivity contribution in [2.45, 2.75) is 233 Å². The van der Waals surface area contributed by atoms with Gasteiger partial charge in [0.2, 0.25) is 0 Å². The molecule has 4 radical (unpaired) electrons. The van der Waals surface area contributed by atoms with E-state index in [0.717, 1.165) is 51.4 Å². The Labute approximate surface area is 415 Å². The summed E-state index contributed by atoms with van der Waals surface area (Å²) in [6.45, 7) is 16.6. The van der Waals surface area contributed by atoms with Gasteiger partial charge in [-0.15, -0.1) is 0 Å². The third-order valence-corrected chi connectivity index (χ3v) is 10.9. The summed E-state index contributed by atoms with van der Waals surface area (Å²) < 4.78 is 10.4. The Bertz CT molecular complexity index is 1270. The van der Waals surface area contributed by atoms with Crippen molar-refractivity contribution >= 4 is 47.8 Å². The number of carbonyl (C=O) groups is 4. The number of hydrogen-bond donors (Lipinski definition) is 0. The molecule has 0 heterocycles. The largest absolute Gasteiger partial charge is 2.00 e. The fraction of sp³-hybridized carbons (Fsp3) is 0.679. The Kier molecular flexibility index (Phi) is 53.2. The van der Waals surface area contributed by atoms with E-state index in [0.29, 0.717) is 13.2 Å². The van der Waals surface area contributed by atoms with Crippen LogP contribution >= 0.6 is 0 Å². The molecule has 0 saturated carbocycles. The first-order valence-electron chi connectivity index (χ1n) is 25.7. The van der Waals surface area contributed by atoms with Gasteiger partial charge in [-0.3, -0.25) is 0 Å². The summed E-state index contributed by atoms with van der Waals surface area (Å²) in [7, 11) is 0. The van der Waals surface area contributed by atoms with Gasteiger partial charge in [0, 0.05) is 11.1 Å². The quantitative estimate of drug-likeness (QED) is 0.0374. The molecular weight excluding hydrogens is 919 g/mol. The van der Waals surface area contributed by atoms with Gasteiger partial charge in [0.1, 0.15) is 0 Å². The van der Waals surface area contributed by atoms with Crippen LogP contribution in [0.25, 0.3) is 0 Å². The molecule has 0 aliphatic carbocycles. The number of ether oxygens (including phenoxy) is 2. The molecule has 0 aliphatic heterocycles. The summed E-state index contributed by atoms with van der Waals surface area (Å²) in [5, 5.41) is 22.0. The van der Waals surface area contributed by atoms with Crippen LogP contribution in [0.2, 0.25) is 0 Å². The number of carboxylic acids is 2. The molecule has 0 amide bonds. The molecule has 2 aromatic carbocycles. The number of aromatic carboxylic acids is 2. The fourth-order valence-electron chi connectivity index (χ4n) is 6.76. The summed E-state index contributed by atoms with van der Waals surface area (Å²) in [6.07, 6.45) is 40.3. The molecule has 2 rings (SSSR count). The molecule has 0 aliphatic rings. The number of carbonyl (C=O) groups excluding carboxylic acids is 4. The molecular formula is C56H92O8Sn. The maximum Gasteiger partial charge on any atom is 2.00 e. The Balaban J connectivity index is -0.000000999. The Hall–Kier alpha value is -2.88. The third kappa shape index (κ3) is 42.2. The summed E-state index contributed by atoms with van der Waals surface area (Å²) >= 11 is 0. The second-order valence-corrected chi connectivity index (χ2v) is 16.8. The van der Waals surface area contributed by atoms with Crippen molar-refractivity contribution in [3.05, 3.63) is 84.6 Å². The second-order valence-electron chi connectivity index (χ2n) is 16.8. The Morgan fingerprint density at radius 3 is 0.769 bits per heavy atom. The molecule has 0 aromatic heterocycles. The molecule has 0 fully saturated rings. The van der Waals surface area contributed by atoms with Gasteiger partial charge in [-0.25, -0.2) is 9.59 Å². The number of esters is 2. The molecule has 8 nitrogen and oxygen atoms in total. The Morgan fingerprint density at radius 1 is 0.369 bits per heavy atom. The van der Waals surface area contributed by atoms with Crippen molar-refractivity contribution in [3.63, 3.8) is 0 Å². The van der Waals surface area contributed by atoms with Gasteiger partial charge in [0.15, 0.2) is 0 Å². The van der Waals surface area contributed by atoms with Crippen molar-refractivity contribution in [2.75, 3.05) is 13.2 Å². The van der Waals surface area contributed by atoms with Gasteiger partial charge in [-0.2, -0.15) is 0 Å². The average molecular weight is 1010 g/mol. The minimum Gasteiger partial charge on any atom is -0.545 e. The van der Waals surface area contributed by atoms with Crippen molar-refractivity contribution < 1.29 is 38.9 Å². The van der Waals surface area contributed by atoms with Gasteiger partial charge in [-0.1, -0.05) is 271 Å². The SMILES string of the molecule is CCCCCCCCCCCCCCCCOC(=O)c1ccccc1C(=O)[O-].CCCCCCCCCCCCCCCCOC(=O)c1ccccc1C(=O)[O-].[CH2]CCC.[CH2]CCC.[Sn+2]. The van der Waals surface area contributed by atoms with Crippen LogP contribution in [0.1, 0.15) is 275 Å². The molecule has 0 atom stereocenters. The van der Waals surface area contributed by atoms with E-state index >= 15 is 0 Å². The molecule has 9 heteroatoms. The summed E-state index contributed by atoms with van der Waals surface area (Å²) in [6, 6.07) is 12.0. The van der Waals surface area contributed by atoms with Crippen LogP contribution in [0.5, 0.6) is 0 Å². The number of unbranched alkanes of at least 4 members (excludes halogenated alkanes) is 28. The van der Waals surface area contributed by atoms with Crippen LogP contribution < -0.4 is 10.2 Å². The van der Waals surface area contributed by atoms with Gasteiger partial charge in [0.25, 0.3) is 0 Å². The molecule has 0 N–H and O–H groups in total. The zero-order valence-electron chi connectivity index (χ0n) is 41.8. The predicted octanol–water partition coefficient (Wildman–Crippen LogP) is 14.2. The topological polar surface area (TPSA) is 133 Å². The van der Waals surface area contributed by atoms with Gasteiger partial charge >= 0.3 is 35.8 Å². The van der Waals surface area contributed by atoms with Crippen LogP contribution in [-0.4, -0.2) is 61.0 Å². The first-order chi connectivity index (χ1) is 31.2. The molecule has 0 bridgehead atoms. The fourth-order valence-corrected chi connectivity index (χ4v) is 6.76. The van der Waals surface area contributed by atoms with Crippen LogP contribution in [0.4, 0.5) is 0 Å². The maximum absolute atomic E-state index is 12.0. The summed E-state index contributed by atoms with van der Waals surface area (Å²) in [5.41, 5.74) is -0.109. The van der Waals surface area contributed by atoms with Crippen LogP contribution in [0, 0.1) is 13.8 Å². The Morgan fingerprint density at radius 2 is 0.569 bits per heavy atom. The van der Waals surface area contributed by atoms with E-state index in [2.05, 4.69) is 41.5 Å². The predicted molar refractivity (Wildman–Crippen MR) is 269 cm³/mol. The van der Waals surface area contributed by atoms with Crippen LogP contribution in [-0.2, 0) is 9.47 Å². The molecule has 368 valence electrons. The van der Waals surface area contributed by atoms with E-state index < -0.39 is 23.9 Å². The van der Waals surface area contributed by atoms with Crippen LogP contribution in [0.15, 0.2) is 48.5 Å². The molecule has 65 heavy (non-hydrogen) atoms. The first-order valence-corrected chi connectivity index (χ1v) is 25.7. The van der Waals surface area contributed by atoms with Crippen molar-refractivity contribution in [2.24, 2.45) is 0 Å². The maximum atomic E-state index is 12.0. The third-order valence-electron chi connectivity index (χ3n) is 10.9. The van der Waals surface area contributed by atoms with E-state index in [4.69, 9.17) is 9.47 Å². The van der Waals surface area contributed by atoms with E-state index in [9.17, 15) is 29.4 Å². The monoisotopic (exact) mass is 1010 g/mol. The first kappa shape index (κ1) is 66.4. The van der Waals surface area contributed by atoms with Crippen molar-refractivity contribution in [1.29, 1.82) is 0 Å². The zero-order chi connectivity index (χ0) is 47.7. The number of benzene rings is 2. The second kappa shape index (κ2) is 52.1. The van der Waals surface area contributed by atoms with Gasteiger partial charge < -0.3 is 29.3 Å². The van der Waals surface area contributed by atoms with E-state index in [-0.39, 0.29) is 46.2 Å². The van der Waals surface area contributed by atoms with Gasteiger partial charge in [-0.05, 0) is 25.0 Å². The normalized spacial score (nSPS) is 10.2. The summed E-state index contributed by atoms with van der Waals surface area (Å²) in [4.78, 5) is 46.0. The standard InChI is InChI=1S/2C24H38O4.2C4H9.Sn/c2*1-2-3-4-5-6-7-8-9-10-11-12-13-14-17-20-28-24(27)22-19-16-15-18-21(22)23(25)26;2*1-3-4-2;/h2*15-16,18-19H,2-14,17,20H2,1H3,(H,25,26);2*1,3-4H2,2H3;/q;;;;+2/p-2. The summed E-state index contributed by atoms with van der Waals surface area (Å²) in [5.74, 6) is -3.89. The molecule has 0 saturated heterocycles. The van der Waals surface area contributed by atoms with Crippen LogP contribution in [0.3, 0.4) is 0 Å². The minimum absolute atomic E-state index is 0. The van der Waals surface area contributed by atoms with Crippen molar-refractivity contribution in [1.82, 2.24) is 0 Å². The van der Waals surface area contributed by atoms with Crippen molar-refractivity contribution in [3.8, 4) is 0 Å². The zero-order valence-corrected chi connectivity index (χ0v) is 44.7. The number of rotatable bonds is 36. The number of hydrogen-bond acceptors (Lipinski definition) is 8. The van der Waals surface area contributed by atoms with E-state index in [1.54, 1.807) is 24.3 Å². The van der Waals surface area contributed by atoms with E-state index in [1.165, 1.54) is 178 Å². The average Bonchev–Trinajstić information content (AvgIpc) is 3.31. The minimum atomic E-state index is -1.36. The molecule has 0 spiro atoms. The van der Waals surface area contributed by atoms with E-state index in [1.807, 2.05) is 0 Å². The molecule has 0 unspecified atom stereocenters.